The number of hydrogen-bond acceptors (Lipinski definition) is 5. The molecule has 2 N–H and O–H groups in total. The Balaban J connectivity index is 5.36. The number of carbonyl (C=O) groups is 3. The summed E-state index contributed by atoms with van der Waals surface area (Å²) in [5.74, 6) is -0.987. The largest absolute Gasteiger partial charge is 0.457 e. The Kier molecular flexibility index (Phi) is 10.4. The van der Waals surface area contributed by atoms with E-state index in [4.69, 9.17) is 9.47 Å². The van der Waals surface area contributed by atoms with Crippen molar-refractivity contribution in [2.75, 3.05) is 6.61 Å². The first-order valence-corrected chi connectivity index (χ1v) is 9.19. The molecule has 0 fully saturated rings. The Labute approximate surface area is 162 Å². The molecule has 0 aromatic heterocycles. The quantitative estimate of drug-likeness (QED) is 0.362. The maximum Gasteiger partial charge on any atom is 0.408 e. The number of esters is 1. The van der Waals surface area contributed by atoms with Gasteiger partial charge < -0.3 is 20.1 Å². The SMILES string of the molecule is C=CCOC(=O)/C(NC(=O)[C@H](CC(C)C)NC(=O)OC(C)(C)C)=C(/C)CC. The van der Waals surface area contributed by atoms with Crippen molar-refractivity contribution in [3.8, 4) is 0 Å². The molecule has 154 valence electrons. The second-order valence-corrected chi connectivity index (χ2v) is 7.71. The van der Waals surface area contributed by atoms with Crippen molar-refractivity contribution in [3.63, 3.8) is 0 Å². The molecule has 0 aliphatic rings. The summed E-state index contributed by atoms with van der Waals surface area (Å²) < 4.78 is 10.3. The van der Waals surface area contributed by atoms with Gasteiger partial charge in [-0.1, -0.05) is 33.4 Å². The Morgan fingerprint density at radius 1 is 1.19 bits per heavy atom. The average Bonchev–Trinajstić information content (AvgIpc) is 2.53. The zero-order valence-corrected chi connectivity index (χ0v) is 17.6. The van der Waals surface area contributed by atoms with Gasteiger partial charge in [0.1, 0.15) is 23.9 Å². The Bertz CT molecular complexity index is 573. The second-order valence-electron chi connectivity index (χ2n) is 7.71. The van der Waals surface area contributed by atoms with Gasteiger partial charge in [0.25, 0.3) is 0 Å². The summed E-state index contributed by atoms with van der Waals surface area (Å²) in [6.07, 6.45) is 1.72. The van der Waals surface area contributed by atoms with E-state index in [1.54, 1.807) is 27.7 Å². The molecule has 0 saturated heterocycles. The molecule has 2 amide bonds. The number of nitrogens with one attached hydrogen (secondary N) is 2. The molecular weight excluding hydrogens is 348 g/mol. The zero-order chi connectivity index (χ0) is 21.2. The minimum atomic E-state index is -0.841. The third-order valence-electron chi connectivity index (χ3n) is 3.46. The van der Waals surface area contributed by atoms with Gasteiger partial charge in [0.05, 0.1) is 0 Å². The highest BCUT2D eigenvalue weighted by molar-refractivity contribution is 5.96. The van der Waals surface area contributed by atoms with Crippen molar-refractivity contribution in [3.05, 3.63) is 23.9 Å². The lowest BCUT2D eigenvalue weighted by Gasteiger charge is -2.24. The van der Waals surface area contributed by atoms with E-state index in [-0.39, 0.29) is 18.2 Å². The molecule has 0 bridgehead atoms. The number of alkyl carbamates (subject to hydrolysis) is 1. The summed E-state index contributed by atoms with van der Waals surface area (Å²) >= 11 is 0. The van der Waals surface area contributed by atoms with Crippen LogP contribution >= 0.6 is 0 Å². The van der Waals surface area contributed by atoms with Gasteiger partial charge in [-0.05, 0) is 52.0 Å². The van der Waals surface area contributed by atoms with Crippen LogP contribution in [0.25, 0.3) is 0 Å². The molecule has 0 rings (SSSR count). The predicted octanol–water partition coefficient (Wildman–Crippen LogP) is 3.46. The van der Waals surface area contributed by atoms with E-state index in [1.807, 2.05) is 20.8 Å². The van der Waals surface area contributed by atoms with Crippen molar-refractivity contribution >= 4 is 18.0 Å². The van der Waals surface area contributed by atoms with E-state index >= 15 is 0 Å². The lowest BCUT2D eigenvalue weighted by atomic mass is 10.0. The standard InChI is InChI=1S/C20H34N2O5/c1-9-11-26-18(24)16(14(5)10-2)22-17(23)15(12-13(3)4)21-19(25)27-20(6,7)8/h9,13,15H,1,10-12H2,2-8H3,(H,21,25)(H,22,23)/b16-14+/t15-/m0/s1. The Morgan fingerprint density at radius 3 is 2.22 bits per heavy atom. The second kappa shape index (κ2) is 11.4. The normalized spacial score (nSPS) is 13.3. The summed E-state index contributed by atoms with van der Waals surface area (Å²) in [7, 11) is 0. The minimum Gasteiger partial charge on any atom is -0.457 e. The number of ether oxygens (including phenoxy) is 2. The molecule has 0 saturated carbocycles. The molecule has 0 aromatic carbocycles. The van der Waals surface area contributed by atoms with Crippen LogP contribution in [0.5, 0.6) is 0 Å². The van der Waals surface area contributed by atoms with E-state index in [2.05, 4.69) is 17.2 Å². The van der Waals surface area contributed by atoms with Gasteiger partial charge in [0, 0.05) is 0 Å². The van der Waals surface area contributed by atoms with E-state index in [0.29, 0.717) is 18.4 Å². The molecule has 27 heavy (non-hydrogen) atoms. The van der Waals surface area contributed by atoms with Gasteiger partial charge in [-0.25, -0.2) is 9.59 Å². The molecule has 0 aromatic rings. The summed E-state index contributed by atoms with van der Waals surface area (Å²) in [6, 6.07) is -0.841. The van der Waals surface area contributed by atoms with Crippen LogP contribution < -0.4 is 10.6 Å². The molecule has 7 heteroatoms. The van der Waals surface area contributed by atoms with Crippen molar-refractivity contribution in [1.82, 2.24) is 10.6 Å². The zero-order valence-electron chi connectivity index (χ0n) is 17.6. The molecule has 1 atom stereocenters. The van der Waals surface area contributed by atoms with Crippen molar-refractivity contribution in [2.45, 2.75) is 73.0 Å². The van der Waals surface area contributed by atoms with E-state index in [0.717, 1.165) is 0 Å². The van der Waals surface area contributed by atoms with Crippen LogP contribution in [0.1, 0.15) is 61.3 Å². The smallest absolute Gasteiger partial charge is 0.408 e. The Morgan fingerprint density at radius 2 is 1.78 bits per heavy atom. The number of allylic oxidation sites excluding steroid dienone is 1. The van der Waals surface area contributed by atoms with E-state index < -0.39 is 29.6 Å². The highest BCUT2D eigenvalue weighted by atomic mass is 16.6. The first-order chi connectivity index (χ1) is 12.4. The van der Waals surface area contributed by atoms with Gasteiger partial charge in [-0.3, -0.25) is 4.79 Å². The van der Waals surface area contributed by atoms with Gasteiger partial charge in [0.15, 0.2) is 0 Å². The molecule has 0 radical (unpaired) electrons. The van der Waals surface area contributed by atoms with E-state index in [9.17, 15) is 14.4 Å². The monoisotopic (exact) mass is 382 g/mol. The van der Waals surface area contributed by atoms with Crippen LogP contribution in [0.3, 0.4) is 0 Å². The Hall–Kier alpha value is -2.31. The van der Waals surface area contributed by atoms with Crippen LogP contribution in [0.15, 0.2) is 23.9 Å². The van der Waals surface area contributed by atoms with Crippen LogP contribution in [0.4, 0.5) is 4.79 Å². The fraction of sp³-hybridized carbons (Fsp3) is 0.650. The van der Waals surface area contributed by atoms with Gasteiger partial charge in [-0.2, -0.15) is 0 Å². The van der Waals surface area contributed by atoms with Crippen molar-refractivity contribution in [1.29, 1.82) is 0 Å². The highest BCUT2D eigenvalue weighted by Gasteiger charge is 2.27. The first kappa shape index (κ1) is 24.7. The predicted molar refractivity (Wildman–Crippen MR) is 105 cm³/mol. The molecule has 0 spiro atoms. The van der Waals surface area contributed by atoms with Gasteiger partial charge in [-0.15, -0.1) is 0 Å². The van der Waals surface area contributed by atoms with Crippen LogP contribution in [-0.4, -0.2) is 36.2 Å². The van der Waals surface area contributed by atoms with Crippen molar-refractivity contribution in [2.24, 2.45) is 5.92 Å². The average molecular weight is 383 g/mol. The minimum absolute atomic E-state index is 0.0424. The molecule has 0 unspecified atom stereocenters. The summed E-state index contributed by atoms with van der Waals surface area (Å²) in [4.78, 5) is 37.1. The first-order valence-electron chi connectivity index (χ1n) is 9.19. The van der Waals surface area contributed by atoms with Gasteiger partial charge in [0.2, 0.25) is 5.91 Å². The third-order valence-corrected chi connectivity index (χ3v) is 3.46. The molecule has 0 aliphatic carbocycles. The lowest BCUT2D eigenvalue weighted by molar-refractivity contribution is -0.139. The maximum atomic E-state index is 12.7. The van der Waals surface area contributed by atoms with Crippen LogP contribution in [0, 0.1) is 5.92 Å². The third kappa shape index (κ3) is 10.4. The topological polar surface area (TPSA) is 93.7 Å². The summed E-state index contributed by atoms with van der Waals surface area (Å²) in [5, 5.41) is 5.20. The highest BCUT2D eigenvalue weighted by Crippen LogP contribution is 2.12. The number of amides is 2. The fourth-order valence-corrected chi connectivity index (χ4v) is 2.08. The van der Waals surface area contributed by atoms with E-state index in [1.165, 1.54) is 6.08 Å². The maximum absolute atomic E-state index is 12.7. The summed E-state index contributed by atoms with van der Waals surface area (Å²) in [5.41, 5.74) is 0.0865. The number of hydrogen-bond donors (Lipinski definition) is 2. The fourth-order valence-electron chi connectivity index (χ4n) is 2.08. The van der Waals surface area contributed by atoms with Crippen LogP contribution in [-0.2, 0) is 19.1 Å². The molecule has 7 nitrogen and oxygen atoms in total. The van der Waals surface area contributed by atoms with Crippen molar-refractivity contribution < 1.29 is 23.9 Å². The summed E-state index contributed by atoms with van der Waals surface area (Å²) in [6.45, 7) is 16.2. The number of rotatable bonds is 9. The molecular formula is C20H34N2O5. The lowest BCUT2D eigenvalue weighted by Crippen LogP contribution is -2.49. The number of carbonyl (C=O) groups excluding carboxylic acids is 3. The van der Waals surface area contributed by atoms with Crippen LogP contribution in [0.2, 0.25) is 0 Å². The van der Waals surface area contributed by atoms with Gasteiger partial charge >= 0.3 is 12.1 Å². The molecule has 0 aliphatic heterocycles. The molecule has 0 heterocycles.